The van der Waals surface area contributed by atoms with E-state index in [0.717, 1.165) is 42.3 Å². The lowest BCUT2D eigenvalue weighted by Crippen LogP contribution is -2.47. The molecule has 1 aromatic carbocycles. The molecule has 0 spiro atoms. The molecule has 11 heteroatoms. The molecule has 7 atom stereocenters. The van der Waals surface area contributed by atoms with Crippen molar-refractivity contribution in [1.29, 1.82) is 0 Å². The number of cyclic esters (lactones) is 2. The molecule has 0 aliphatic carbocycles. The predicted octanol–water partition coefficient (Wildman–Crippen LogP) is 10.1. The van der Waals surface area contributed by atoms with E-state index >= 15 is 0 Å². The Labute approximate surface area is 335 Å². The van der Waals surface area contributed by atoms with Crippen LogP contribution in [-0.4, -0.2) is 73.5 Å². The Kier molecular flexibility index (Phi) is 18.9. The Hall–Kier alpha value is -2.50. The lowest BCUT2D eigenvalue weighted by molar-refractivity contribution is -0.160. The third-order valence-corrected chi connectivity index (χ3v) is 21.3. The van der Waals surface area contributed by atoms with Crippen LogP contribution in [-0.2, 0) is 37.4 Å². The van der Waals surface area contributed by atoms with Crippen molar-refractivity contribution in [3.8, 4) is 17.6 Å². The van der Waals surface area contributed by atoms with Crippen molar-refractivity contribution in [2.75, 3.05) is 20.8 Å². The van der Waals surface area contributed by atoms with Crippen LogP contribution in [0.2, 0.25) is 36.3 Å². The Morgan fingerprint density at radius 2 is 1.60 bits per heavy atom. The molecule has 1 aliphatic rings. The maximum Gasteiger partial charge on any atom is 0.313 e. The molecule has 0 saturated heterocycles. The molecule has 1 aliphatic heterocycles. The number of esters is 2. The van der Waals surface area contributed by atoms with Gasteiger partial charge >= 0.3 is 11.9 Å². The molecular weight excluding hydrogens is 729 g/mol. The second-order valence-corrected chi connectivity index (χ2v) is 27.5. The quantitative estimate of drug-likeness (QED) is 0.0659. The highest BCUT2D eigenvalue weighted by Gasteiger charge is 2.41. The van der Waals surface area contributed by atoms with Crippen LogP contribution in [0, 0.1) is 35.0 Å². The van der Waals surface area contributed by atoms with Crippen molar-refractivity contribution in [2.24, 2.45) is 23.2 Å². The summed E-state index contributed by atoms with van der Waals surface area (Å²) in [4.78, 5) is 40.3. The van der Waals surface area contributed by atoms with E-state index in [4.69, 9.17) is 27.8 Å². The van der Waals surface area contributed by atoms with Gasteiger partial charge in [0.1, 0.15) is 24.1 Å². The summed E-state index contributed by atoms with van der Waals surface area (Å²) in [5.41, 5.74) is 0.458. The van der Waals surface area contributed by atoms with Crippen LogP contribution in [0.3, 0.4) is 0 Å². The van der Waals surface area contributed by atoms with Crippen LogP contribution in [0.4, 0.5) is 0 Å². The van der Waals surface area contributed by atoms with Gasteiger partial charge in [-0.3, -0.25) is 14.4 Å². The second kappa shape index (κ2) is 21.3. The molecule has 0 N–H and O–H groups in total. The summed E-state index contributed by atoms with van der Waals surface area (Å²) in [7, 11) is -1.01. The zero-order valence-corrected chi connectivity index (χ0v) is 38.9. The van der Waals surface area contributed by atoms with E-state index < -0.39 is 52.1 Å². The standard InChI is InChI=1S/C44H74O9Si2/c1-16-55(17-2,18-3)53-42(31(4)22-23-39(49-13)34-20-19-21-35(26-34)48-12)33(6)38-24-25-44(10,11)29-32(5)37(45)28-41(47)51-36(27-40(46)52-38)30-50-54(14,15)43(7,8)9/h19-21,26,31-33,36,38-39,42H,16-18,22-23,27-30H2,1-15H3/t31-,32+,33-,36+,38-,39-,42+/m0/s1. The first kappa shape index (κ1) is 48.7. The summed E-state index contributed by atoms with van der Waals surface area (Å²) in [6, 6.07) is 10.9. The number of methoxy groups -OCH3 is 2. The van der Waals surface area contributed by atoms with Gasteiger partial charge in [0, 0.05) is 24.4 Å². The topological polar surface area (TPSA) is 107 Å². The van der Waals surface area contributed by atoms with Crippen LogP contribution in [0.25, 0.3) is 0 Å². The van der Waals surface area contributed by atoms with Crippen molar-refractivity contribution in [3.05, 3.63) is 29.8 Å². The molecule has 2 rings (SSSR count). The van der Waals surface area contributed by atoms with Gasteiger partial charge in [-0.05, 0) is 93.0 Å². The summed E-state index contributed by atoms with van der Waals surface area (Å²) in [5.74, 6) is 5.51. The number of rotatable bonds is 17. The molecule has 0 amide bonds. The van der Waals surface area contributed by atoms with Gasteiger partial charge in [0.25, 0.3) is 0 Å². The Morgan fingerprint density at radius 1 is 0.964 bits per heavy atom. The molecule has 1 heterocycles. The van der Waals surface area contributed by atoms with Gasteiger partial charge in [-0.15, -0.1) is 0 Å². The van der Waals surface area contributed by atoms with Crippen molar-refractivity contribution in [2.45, 2.75) is 169 Å². The minimum Gasteiger partial charge on any atom is -0.497 e. The summed E-state index contributed by atoms with van der Waals surface area (Å²) in [5, 5.41) is -0.0929. The van der Waals surface area contributed by atoms with E-state index in [-0.39, 0.29) is 54.3 Å². The van der Waals surface area contributed by atoms with Gasteiger partial charge in [0.05, 0.1) is 32.3 Å². The highest BCUT2D eigenvalue weighted by Crippen LogP contribution is 2.38. The number of benzene rings is 1. The normalized spacial score (nSPS) is 22.6. The zero-order chi connectivity index (χ0) is 41.8. The smallest absolute Gasteiger partial charge is 0.313 e. The fourth-order valence-corrected chi connectivity index (χ4v) is 11.1. The van der Waals surface area contributed by atoms with Crippen LogP contribution < -0.4 is 4.74 Å². The average Bonchev–Trinajstić information content (AvgIpc) is 3.12. The summed E-state index contributed by atoms with van der Waals surface area (Å²) in [6.45, 7) is 27.4. The van der Waals surface area contributed by atoms with Crippen molar-refractivity contribution >= 4 is 34.4 Å². The Morgan fingerprint density at radius 3 is 2.16 bits per heavy atom. The molecule has 0 saturated carbocycles. The van der Waals surface area contributed by atoms with Crippen LogP contribution in [0.15, 0.2) is 24.3 Å². The summed E-state index contributed by atoms with van der Waals surface area (Å²) < 4.78 is 37.4. The molecule has 0 bridgehead atoms. The first-order valence-corrected chi connectivity index (χ1v) is 25.9. The van der Waals surface area contributed by atoms with Crippen molar-refractivity contribution in [1.82, 2.24) is 0 Å². The van der Waals surface area contributed by atoms with E-state index in [1.165, 1.54) is 0 Å². The molecule has 1 aromatic rings. The maximum absolute atomic E-state index is 13.9. The molecule has 0 fully saturated rings. The number of Topliss-reactive ketones (excluding diaryl/α,β-unsaturated/α-hetero) is 1. The van der Waals surface area contributed by atoms with Crippen molar-refractivity contribution < 1.29 is 42.2 Å². The van der Waals surface area contributed by atoms with Gasteiger partial charge in [0.15, 0.2) is 22.7 Å². The van der Waals surface area contributed by atoms with Crippen LogP contribution >= 0.6 is 0 Å². The molecule has 312 valence electrons. The summed E-state index contributed by atoms with van der Waals surface area (Å²) >= 11 is 0. The third kappa shape index (κ3) is 14.8. The third-order valence-electron chi connectivity index (χ3n) is 12.1. The van der Waals surface area contributed by atoms with Gasteiger partial charge in [-0.2, -0.15) is 0 Å². The molecule has 0 aromatic heterocycles. The minimum absolute atomic E-state index is 0.0361. The molecule has 0 unspecified atom stereocenters. The van der Waals surface area contributed by atoms with Crippen molar-refractivity contribution in [3.63, 3.8) is 0 Å². The lowest BCUT2D eigenvalue weighted by atomic mass is 9.81. The minimum atomic E-state index is -2.26. The Bertz CT molecular complexity index is 1440. The first-order chi connectivity index (χ1) is 25.6. The molecular formula is C44H74O9Si2. The van der Waals surface area contributed by atoms with E-state index in [1.807, 2.05) is 39.0 Å². The van der Waals surface area contributed by atoms with Crippen LogP contribution in [0.1, 0.15) is 120 Å². The van der Waals surface area contributed by atoms with Gasteiger partial charge in [-0.25, -0.2) is 0 Å². The number of ketones is 1. The largest absolute Gasteiger partial charge is 0.497 e. The number of carbonyl (C=O) groups excluding carboxylic acids is 3. The van der Waals surface area contributed by atoms with E-state index in [2.05, 4.69) is 86.4 Å². The van der Waals surface area contributed by atoms with E-state index in [0.29, 0.717) is 6.42 Å². The first-order valence-electron chi connectivity index (χ1n) is 20.5. The number of ether oxygens (including phenoxy) is 4. The highest BCUT2D eigenvalue weighted by atomic mass is 28.4. The average molecular weight is 803 g/mol. The SMILES string of the molecule is CC[Si](CC)(CC)O[C@@H]([C@@H](C)[C@@H]1C#CC(C)(C)C[C@@H](C)C(=O)CC(=O)O[C@@H](CO[Si](C)(C)C(C)(C)C)CC(=O)O1)[C@@H](C)CC[C@H](OC)c1cccc(OC)c1. The molecule has 0 radical (unpaired) electrons. The number of hydrogen-bond acceptors (Lipinski definition) is 9. The molecule has 9 nitrogen and oxygen atoms in total. The van der Waals surface area contributed by atoms with E-state index in [9.17, 15) is 14.4 Å². The van der Waals surface area contributed by atoms with E-state index in [1.54, 1.807) is 14.2 Å². The summed E-state index contributed by atoms with van der Waals surface area (Å²) in [6.07, 6.45) is -0.700. The highest BCUT2D eigenvalue weighted by molar-refractivity contribution is 6.74. The number of carbonyl (C=O) groups is 3. The fraction of sp³-hybridized carbons (Fsp3) is 0.750. The Balaban J connectivity index is 2.58. The van der Waals surface area contributed by atoms with Gasteiger partial charge < -0.3 is 27.8 Å². The number of hydrogen-bond donors (Lipinski definition) is 0. The predicted molar refractivity (Wildman–Crippen MR) is 225 cm³/mol. The zero-order valence-electron chi connectivity index (χ0n) is 36.9. The monoisotopic (exact) mass is 802 g/mol. The maximum atomic E-state index is 13.9. The fourth-order valence-electron chi connectivity index (χ4n) is 7.08. The second-order valence-electron chi connectivity index (χ2n) is 17.9. The van der Waals surface area contributed by atoms with Crippen LogP contribution in [0.5, 0.6) is 5.75 Å². The molecule has 55 heavy (non-hydrogen) atoms. The van der Waals surface area contributed by atoms with Gasteiger partial charge in [-0.1, -0.05) is 86.3 Å². The van der Waals surface area contributed by atoms with Gasteiger partial charge in [0.2, 0.25) is 0 Å². The lowest BCUT2D eigenvalue weighted by Gasteiger charge is -2.40.